The lowest BCUT2D eigenvalue weighted by molar-refractivity contribution is 0.0691. The van der Waals surface area contributed by atoms with Gasteiger partial charge in [-0.1, -0.05) is 0 Å². The van der Waals surface area contributed by atoms with E-state index in [9.17, 15) is 13.2 Å². The lowest BCUT2D eigenvalue weighted by atomic mass is 10.1. The summed E-state index contributed by atoms with van der Waals surface area (Å²) in [6, 6.07) is -0.260. The molecule has 0 aromatic carbocycles. The van der Waals surface area contributed by atoms with Gasteiger partial charge in [-0.25, -0.2) is 13.1 Å². The molecule has 1 unspecified atom stereocenters. The molecule has 9 nitrogen and oxygen atoms in total. The maximum atomic E-state index is 11.9. The molecule has 0 saturated carbocycles. The number of amides is 1. The van der Waals surface area contributed by atoms with E-state index < -0.39 is 10.0 Å². The highest BCUT2D eigenvalue weighted by Gasteiger charge is 2.27. The molecule has 1 atom stereocenters. The number of carbonyl (C=O) groups excluding carboxylic acids is 1. The molecule has 10 heteroatoms. The smallest absolute Gasteiger partial charge is 0.295 e. The fourth-order valence-electron chi connectivity index (χ4n) is 1.95. The summed E-state index contributed by atoms with van der Waals surface area (Å²) >= 11 is 0. The first-order valence-corrected chi connectivity index (χ1v) is 7.35. The minimum absolute atomic E-state index is 0.00462. The van der Waals surface area contributed by atoms with Crippen LogP contribution in [-0.4, -0.2) is 65.2 Å². The fraction of sp³-hybridized carbons (Fsp3) is 0.750. The summed E-state index contributed by atoms with van der Waals surface area (Å²) in [7, 11) is -3.26. The lowest BCUT2D eigenvalue weighted by Crippen LogP contribution is -2.49. The minimum atomic E-state index is -3.26. The summed E-state index contributed by atoms with van der Waals surface area (Å²) in [6.45, 7) is 0.885. The third kappa shape index (κ3) is 3.23. The molecule has 1 fully saturated rings. The van der Waals surface area contributed by atoms with Crippen LogP contribution in [0.15, 0.2) is 0 Å². The number of aromatic amines is 1. The van der Waals surface area contributed by atoms with Crippen LogP contribution in [0.4, 0.5) is 0 Å². The molecule has 100 valence electrons. The van der Waals surface area contributed by atoms with Crippen LogP contribution < -0.4 is 4.72 Å². The third-order valence-corrected chi connectivity index (χ3v) is 3.39. The molecule has 18 heavy (non-hydrogen) atoms. The summed E-state index contributed by atoms with van der Waals surface area (Å²) in [5.41, 5.74) is 0. The van der Waals surface area contributed by atoms with Gasteiger partial charge in [-0.3, -0.25) is 4.79 Å². The number of hydrogen-bond donors (Lipinski definition) is 2. The number of rotatable bonds is 3. The zero-order valence-corrected chi connectivity index (χ0v) is 10.6. The van der Waals surface area contributed by atoms with Crippen LogP contribution in [0.2, 0.25) is 0 Å². The van der Waals surface area contributed by atoms with E-state index >= 15 is 0 Å². The van der Waals surface area contributed by atoms with Crippen molar-refractivity contribution in [1.29, 1.82) is 0 Å². The van der Waals surface area contributed by atoms with E-state index in [0.29, 0.717) is 19.5 Å². The molecule has 2 N–H and O–H groups in total. The number of aromatic nitrogens is 4. The van der Waals surface area contributed by atoms with Gasteiger partial charge in [0, 0.05) is 19.1 Å². The van der Waals surface area contributed by atoms with E-state index in [2.05, 4.69) is 25.3 Å². The number of sulfonamides is 1. The number of hydrogen-bond acceptors (Lipinski definition) is 6. The largest absolute Gasteiger partial charge is 0.334 e. The maximum Gasteiger partial charge on any atom is 0.295 e. The second kappa shape index (κ2) is 4.98. The van der Waals surface area contributed by atoms with Gasteiger partial charge in [-0.2, -0.15) is 5.21 Å². The Labute approximate surface area is 104 Å². The molecular formula is C8H14N6O3S. The molecule has 1 aliphatic rings. The number of nitrogens with one attached hydrogen (secondary N) is 2. The second-order valence-corrected chi connectivity index (χ2v) is 6.00. The Morgan fingerprint density at radius 2 is 2.33 bits per heavy atom. The predicted octanol–water partition coefficient (Wildman–Crippen LogP) is -1.65. The average Bonchev–Trinajstić information content (AvgIpc) is 2.79. The van der Waals surface area contributed by atoms with Gasteiger partial charge in [0.25, 0.3) is 11.7 Å². The van der Waals surface area contributed by atoms with E-state index in [0.717, 1.165) is 12.7 Å². The van der Waals surface area contributed by atoms with Gasteiger partial charge in [0.2, 0.25) is 10.0 Å². The highest BCUT2D eigenvalue weighted by molar-refractivity contribution is 7.88. The summed E-state index contributed by atoms with van der Waals surface area (Å²) in [6.07, 6.45) is 2.55. The summed E-state index contributed by atoms with van der Waals surface area (Å²) in [4.78, 5) is 13.5. The van der Waals surface area contributed by atoms with Crippen molar-refractivity contribution in [3.63, 3.8) is 0 Å². The first-order chi connectivity index (χ1) is 8.46. The second-order valence-electron chi connectivity index (χ2n) is 4.22. The quantitative estimate of drug-likeness (QED) is 0.681. The van der Waals surface area contributed by atoms with Crippen molar-refractivity contribution < 1.29 is 13.2 Å². The van der Waals surface area contributed by atoms with Crippen LogP contribution in [0.25, 0.3) is 0 Å². The predicted molar refractivity (Wildman–Crippen MR) is 61.1 cm³/mol. The molecule has 0 bridgehead atoms. The Morgan fingerprint density at radius 3 is 2.94 bits per heavy atom. The first kappa shape index (κ1) is 12.9. The summed E-state index contributed by atoms with van der Waals surface area (Å²) in [5.74, 6) is -0.348. The normalized spacial score (nSPS) is 20.9. The van der Waals surface area contributed by atoms with E-state index in [-0.39, 0.29) is 17.8 Å². The molecule has 0 spiro atoms. The molecule has 2 heterocycles. The fourth-order valence-corrected chi connectivity index (χ4v) is 2.75. The Balaban J connectivity index is 2.01. The Bertz CT molecular complexity index is 513. The van der Waals surface area contributed by atoms with E-state index in [4.69, 9.17) is 0 Å². The zero-order chi connectivity index (χ0) is 13.2. The Hall–Kier alpha value is -1.55. The van der Waals surface area contributed by atoms with Crippen LogP contribution in [0.3, 0.4) is 0 Å². The molecule has 2 rings (SSSR count). The molecule has 1 aliphatic heterocycles. The zero-order valence-electron chi connectivity index (χ0n) is 9.83. The van der Waals surface area contributed by atoms with Crippen LogP contribution in [-0.2, 0) is 10.0 Å². The lowest BCUT2D eigenvalue weighted by Gasteiger charge is -2.31. The number of piperidine rings is 1. The van der Waals surface area contributed by atoms with Crippen molar-refractivity contribution in [3.05, 3.63) is 5.82 Å². The van der Waals surface area contributed by atoms with E-state index in [1.54, 1.807) is 0 Å². The van der Waals surface area contributed by atoms with Gasteiger partial charge in [0.1, 0.15) is 0 Å². The van der Waals surface area contributed by atoms with Crippen molar-refractivity contribution in [2.45, 2.75) is 18.9 Å². The van der Waals surface area contributed by atoms with Crippen LogP contribution in [0.1, 0.15) is 23.5 Å². The number of likely N-dealkylation sites (tertiary alicyclic amines) is 1. The van der Waals surface area contributed by atoms with Crippen molar-refractivity contribution >= 4 is 15.9 Å². The van der Waals surface area contributed by atoms with Crippen molar-refractivity contribution in [3.8, 4) is 0 Å². The number of nitrogens with zero attached hydrogens (tertiary/aromatic N) is 4. The van der Waals surface area contributed by atoms with Crippen molar-refractivity contribution in [2.24, 2.45) is 0 Å². The van der Waals surface area contributed by atoms with Gasteiger partial charge in [0.05, 0.1) is 6.26 Å². The first-order valence-electron chi connectivity index (χ1n) is 5.46. The molecule has 0 radical (unpaired) electrons. The summed E-state index contributed by atoms with van der Waals surface area (Å²) in [5, 5.41) is 12.8. The molecule has 0 aliphatic carbocycles. The van der Waals surface area contributed by atoms with Crippen LogP contribution in [0, 0.1) is 0 Å². The molecule has 1 aromatic heterocycles. The number of H-pyrrole nitrogens is 1. The van der Waals surface area contributed by atoms with Gasteiger partial charge >= 0.3 is 0 Å². The van der Waals surface area contributed by atoms with Crippen LogP contribution >= 0.6 is 0 Å². The minimum Gasteiger partial charge on any atom is -0.334 e. The van der Waals surface area contributed by atoms with E-state index in [1.807, 2.05) is 0 Å². The van der Waals surface area contributed by atoms with Gasteiger partial charge in [0.15, 0.2) is 0 Å². The average molecular weight is 274 g/mol. The van der Waals surface area contributed by atoms with Gasteiger partial charge in [-0.15, -0.1) is 10.2 Å². The molecular weight excluding hydrogens is 260 g/mol. The van der Waals surface area contributed by atoms with Gasteiger partial charge < -0.3 is 4.90 Å². The summed E-state index contributed by atoms with van der Waals surface area (Å²) < 4.78 is 24.8. The van der Waals surface area contributed by atoms with Gasteiger partial charge in [-0.05, 0) is 18.1 Å². The SMILES string of the molecule is CS(=O)(=O)NC1CCCN(C(=O)c2nn[nH]n2)C1. The standard InChI is InChI=1S/C8H14N6O3S/c1-18(16,17)11-6-3-2-4-14(5-6)8(15)7-9-12-13-10-7/h6,11H,2-5H2,1H3,(H,9,10,12,13). The monoisotopic (exact) mass is 274 g/mol. The Morgan fingerprint density at radius 1 is 1.56 bits per heavy atom. The molecule has 1 amide bonds. The van der Waals surface area contributed by atoms with E-state index in [1.165, 1.54) is 4.90 Å². The van der Waals surface area contributed by atoms with Crippen LogP contribution in [0.5, 0.6) is 0 Å². The Kier molecular flexibility index (Phi) is 3.57. The third-order valence-electron chi connectivity index (χ3n) is 2.63. The number of tetrazole rings is 1. The highest BCUT2D eigenvalue weighted by atomic mass is 32.2. The topological polar surface area (TPSA) is 121 Å². The maximum absolute atomic E-state index is 11.9. The molecule has 1 aromatic rings. The van der Waals surface area contributed by atoms with Crippen molar-refractivity contribution in [1.82, 2.24) is 30.2 Å². The highest BCUT2D eigenvalue weighted by Crippen LogP contribution is 2.12. The number of carbonyl (C=O) groups is 1. The van der Waals surface area contributed by atoms with Crippen molar-refractivity contribution in [2.75, 3.05) is 19.3 Å². The molecule has 1 saturated heterocycles.